The predicted molar refractivity (Wildman–Crippen MR) is 119 cm³/mol. The molecule has 1 heterocycles. The Kier molecular flexibility index (Phi) is 14.8. The number of likely N-dealkylation sites (N-methyl/N-ethyl adjacent to an activating group) is 1. The number of ether oxygens (including phenoxy) is 2. The summed E-state index contributed by atoms with van der Waals surface area (Å²) in [6.45, 7) is 23.1. The van der Waals surface area contributed by atoms with Gasteiger partial charge in [-0.15, -0.1) is 6.58 Å². The summed E-state index contributed by atoms with van der Waals surface area (Å²) < 4.78 is 11.2. The normalized spacial score (nSPS) is 15.5. The Balaban J connectivity index is 0. The Bertz CT molecular complexity index is 490. The van der Waals surface area contributed by atoms with Crippen LogP contribution in [0, 0.1) is 0 Å². The van der Waals surface area contributed by atoms with Gasteiger partial charge in [0.2, 0.25) is 0 Å². The first-order valence-electron chi connectivity index (χ1n) is 10.3. The van der Waals surface area contributed by atoms with Crippen molar-refractivity contribution in [1.82, 2.24) is 9.91 Å². The van der Waals surface area contributed by atoms with Crippen LogP contribution in [0.5, 0.6) is 0 Å². The second-order valence-corrected chi connectivity index (χ2v) is 8.02. The van der Waals surface area contributed by atoms with Crippen LogP contribution >= 0.6 is 0 Å². The third kappa shape index (κ3) is 13.6. The molecule has 1 atom stereocenters. The maximum Gasteiger partial charge on any atom is 0.410 e. The van der Waals surface area contributed by atoms with Gasteiger partial charge in [-0.1, -0.05) is 31.9 Å². The molecule has 1 unspecified atom stereocenters. The van der Waals surface area contributed by atoms with Crippen molar-refractivity contribution < 1.29 is 14.3 Å². The number of hydrogen-bond acceptors (Lipinski definition) is 5. The van der Waals surface area contributed by atoms with E-state index in [0.717, 1.165) is 24.1 Å². The zero-order valence-electron chi connectivity index (χ0n) is 20.0. The molecule has 0 saturated carbocycles. The van der Waals surface area contributed by atoms with Gasteiger partial charge in [-0.2, -0.15) is 0 Å². The predicted octanol–water partition coefficient (Wildman–Crippen LogP) is 5.11. The monoisotopic (exact) mass is 399 g/mol. The van der Waals surface area contributed by atoms with Crippen molar-refractivity contribution in [3.8, 4) is 0 Å². The smallest absolute Gasteiger partial charge is 0.410 e. The first-order valence-corrected chi connectivity index (χ1v) is 10.3. The van der Waals surface area contributed by atoms with Crippen LogP contribution in [0.3, 0.4) is 0 Å². The van der Waals surface area contributed by atoms with Crippen LogP contribution in [0.25, 0.3) is 0 Å². The number of carbonyl (C=O) groups is 1. The summed E-state index contributed by atoms with van der Waals surface area (Å²) in [5, 5.41) is 1.58. The Labute approximate surface area is 173 Å². The number of likely N-dealkylation sites (tertiary alicyclic amines) is 1. The quantitative estimate of drug-likeness (QED) is 0.395. The number of nitrogens with two attached hydrogens (primary N) is 1. The minimum absolute atomic E-state index is 0.0341. The van der Waals surface area contributed by atoms with Gasteiger partial charge in [0.05, 0.1) is 25.0 Å². The van der Waals surface area contributed by atoms with Crippen LogP contribution in [0.2, 0.25) is 0 Å². The number of hydrazine groups is 1. The van der Waals surface area contributed by atoms with Gasteiger partial charge in [-0.05, 0) is 54.4 Å². The first-order chi connectivity index (χ1) is 12.9. The van der Waals surface area contributed by atoms with Crippen molar-refractivity contribution in [2.45, 2.75) is 86.9 Å². The van der Waals surface area contributed by atoms with Crippen molar-refractivity contribution in [3.63, 3.8) is 0 Å². The third-order valence-corrected chi connectivity index (χ3v) is 3.86. The molecule has 6 heteroatoms. The van der Waals surface area contributed by atoms with Gasteiger partial charge in [-0.25, -0.2) is 10.6 Å². The highest BCUT2D eigenvalue weighted by Crippen LogP contribution is 2.18. The lowest BCUT2D eigenvalue weighted by Gasteiger charge is -2.24. The van der Waals surface area contributed by atoms with Gasteiger partial charge in [0.15, 0.2) is 0 Å². The molecule has 1 aliphatic rings. The molecule has 0 radical (unpaired) electrons. The van der Waals surface area contributed by atoms with Gasteiger partial charge >= 0.3 is 6.09 Å². The standard InChI is InChI=1S/C15H29N3O3.C5H10.C2H6/c1-11(2)13(17(6)16)10-20-12-7-8-18(9-12)14(19)21-15(3,4)5;1-4-5(2)3;1-2/h12H,7-10,16H2,1-6H3;2,4H2,1,3H3;1-2H3. The average molecular weight is 400 g/mol. The number of rotatable bonds is 5. The molecule has 1 rings (SSSR count). The van der Waals surface area contributed by atoms with Crippen molar-refractivity contribution in [2.24, 2.45) is 5.84 Å². The molecule has 0 aliphatic carbocycles. The number of amides is 1. The van der Waals surface area contributed by atoms with E-state index >= 15 is 0 Å². The molecule has 0 aromatic rings. The van der Waals surface area contributed by atoms with Gasteiger partial charge in [-0.3, -0.25) is 0 Å². The zero-order chi connectivity index (χ0) is 22.5. The third-order valence-electron chi connectivity index (χ3n) is 3.86. The van der Waals surface area contributed by atoms with Crippen LogP contribution in [0.1, 0.15) is 75.2 Å². The molecule has 28 heavy (non-hydrogen) atoms. The van der Waals surface area contributed by atoms with Crippen LogP contribution in [-0.4, -0.2) is 54.5 Å². The average Bonchev–Trinajstić information content (AvgIpc) is 3.04. The molecule has 6 nitrogen and oxygen atoms in total. The number of carbonyl (C=O) groups excluding carboxylic acids is 1. The molecular formula is C22H45N3O3. The molecule has 2 N–H and O–H groups in total. The lowest BCUT2D eigenvalue weighted by Crippen LogP contribution is -2.36. The summed E-state index contributed by atoms with van der Waals surface area (Å²) in [6, 6.07) is 0. The van der Waals surface area contributed by atoms with E-state index in [1.54, 1.807) is 17.0 Å². The molecular weight excluding hydrogens is 354 g/mol. The summed E-state index contributed by atoms with van der Waals surface area (Å²) in [5.41, 5.74) is 2.88. The fourth-order valence-corrected chi connectivity index (χ4v) is 2.15. The highest BCUT2D eigenvalue weighted by molar-refractivity contribution is 5.68. The van der Waals surface area contributed by atoms with E-state index in [0.29, 0.717) is 19.7 Å². The number of nitrogens with zero attached hydrogens (tertiary/aromatic N) is 2. The fraction of sp³-hybridized carbons (Fsp3) is 0.773. The topological polar surface area (TPSA) is 68.0 Å². The molecule has 0 bridgehead atoms. The minimum Gasteiger partial charge on any atom is -0.444 e. The lowest BCUT2D eigenvalue weighted by molar-refractivity contribution is 0.0219. The SMILES string of the molecule is C=C(C)CC.CC.CC(C)=C(COC1CCN(C(=O)OC(C)(C)C)C1)N(C)N. The molecule has 0 spiro atoms. The highest BCUT2D eigenvalue weighted by atomic mass is 16.6. The van der Waals surface area contributed by atoms with Crippen LogP contribution < -0.4 is 5.84 Å². The fourth-order valence-electron chi connectivity index (χ4n) is 2.15. The van der Waals surface area contributed by atoms with Gasteiger partial charge in [0.1, 0.15) is 5.60 Å². The number of hydrogen-bond donors (Lipinski definition) is 1. The first kappa shape index (κ1) is 28.7. The summed E-state index contributed by atoms with van der Waals surface area (Å²) >= 11 is 0. The molecule has 166 valence electrons. The van der Waals surface area contributed by atoms with E-state index in [1.807, 2.05) is 55.4 Å². The van der Waals surface area contributed by atoms with Gasteiger partial charge in [0, 0.05) is 13.6 Å². The second-order valence-electron chi connectivity index (χ2n) is 8.02. The van der Waals surface area contributed by atoms with E-state index in [-0.39, 0.29) is 12.2 Å². The van der Waals surface area contributed by atoms with Crippen molar-refractivity contribution in [3.05, 3.63) is 23.4 Å². The summed E-state index contributed by atoms with van der Waals surface area (Å²) in [4.78, 5) is 13.7. The minimum atomic E-state index is -0.465. The van der Waals surface area contributed by atoms with E-state index in [2.05, 4.69) is 13.5 Å². The van der Waals surface area contributed by atoms with Crippen LogP contribution in [0.15, 0.2) is 23.4 Å². The van der Waals surface area contributed by atoms with E-state index < -0.39 is 5.60 Å². The van der Waals surface area contributed by atoms with E-state index in [4.69, 9.17) is 15.3 Å². The molecule has 1 aliphatic heterocycles. The highest BCUT2D eigenvalue weighted by Gasteiger charge is 2.30. The summed E-state index contributed by atoms with van der Waals surface area (Å²) in [7, 11) is 1.80. The van der Waals surface area contributed by atoms with Gasteiger partial charge < -0.3 is 19.4 Å². The Morgan fingerprint density at radius 2 is 1.75 bits per heavy atom. The lowest BCUT2D eigenvalue weighted by atomic mass is 10.2. The molecule has 1 fully saturated rings. The van der Waals surface area contributed by atoms with Crippen molar-refractivity contribution >= 4 is 6.09 Å². The molecule has 0 aromatic heterocycles. The largest absolute Gasteiger partial charge is 0.444 e. The Morgan fingerprint density at radius 3 is 2.11 bits per heavy atom. The number of allylic oxidation sites excluding steroid dienone is 2. The molecule has 1 saturated heterocycles. The van der Waals surface area contributed by atoms with E-state index in [9.17, 15) is 4.79 Å². The van der Waals surface area contributed by atoms with Crippen molar-refractivity contribution in [2.75, 3.05) is 26.7 Å². The maximum atomic E-state index is 12.0. The molecule has 1 amide bonds. The molecule has 0 aromatic carbocycles. The van der Waals surface area contributed by atoms with Crippen LogP contribution in [0.4, 0.5) is 4.79 Å². The zero-order valence-corrected chi connectivity index (χ0v) is 20.0. The summed E-state index contributed by atoms with van der Waals surface area (Å²) in [5.74, 6) is 5.78. The van der Waals surface area contributed by atoms with Gasteiger partial charge in [0.25, 0.3) is 0 Å². The van der Waals surface area contributed by atoms with Crippen LogP contribution in [-0.2, 0) is 9.47 Å². The Morgan fingerprint density at radius 1 is 1.25 bits per heavy atom. The van der Waals surface area contributed by atoms with Crippen molar-refractivity contribution in [1.29, 1.82) is 0 Å². The second kappa shape index (κ2) is 14.5. The maximum absolute atomic E-state index is 12.0. The Hall–Kier alpha value is -1.53. The van der Waals surface area contributed by atoms with E-state index in [1.165, 1.54) is 5.57 Å². The summed E-state index contributed by atoms with van der Waals surface area (Å²) in [6.07, 6.45) is 1.70.